The van der Waals surface area contributed by atoms with Gasteiger partial charge in [-0.15, -0.1) is 11.3 Å². The number of carbonyl (C=O) groups excluding carboxylic acids is 1. The number of amides is 1. The SMILES string of the molecule is O=C(CCCOc1ccc(-c2csc(N(c3ccccc3)c3ccccc3)n2)cc1)NC1CCN(Cc2ccc(Cl)c(Cl)c2)CC1. The first-order valence-corrected chi connectivity index (χ1v) is 17.2. The molecule has 5 aromatic rings. The second-order valence-corrected chi connectivity index (χ2v) is 13.0. The number of ether oxygens (including phenoxy) is 1. The van der Waals surface area contributed by atoms with Gasteiger partial charge < -0.3 is 10.1 Å². The number of anilines is 3. The molecular formula is C37H36Cl2N4O2S. The van der Waals surface area contributed by atoms with E-state index in [-0.39, 0.29) is 11.9 Å². The lowest BCUT2D eigenvalue weighted by atomic mass is 10.0. The Kier molecular flexibility index (Phi) is 10.9. The molecule has 0 unspecified atom stereocenters. The second kappa shape index (κ2) is 15.6. The zero-order valence-corrected chi connectivity index (χ0v) is 27.8. The van der Waals surface area contributed by atoms with Crippen LogP contribution in [0.5, 0.6) is 5.75 Å². The predicted molar refractivity (Wildman–Crippen MR) is 190 cm³/mol. The zero-order chi connectivity index (χ0) is 31.7. The highest BCUT2D eigenvalue weighted by atomic mass is 35.5. The first-order valence-electron chi connectivity index (χ1n) is 15.6. The van der Waals surface area contributed by atoms with Gasteiger partial charge in [-0.25, -0.2) is 4.98 Å². The topological polar surface area (TPSA) is 57.7 Å². The summed E-state index contributed by atoms with van der Waals surface area (Å²) in [6.07, 6.45) is 2.98. The van der Waals surface area contributed by atoms with E-state index >= 15 is 0 Å². The molecule has 236 valence electrons. The van der Waals surface area contributed by atoms with Gasteiger partial charge >= 0.3 is 0 Å². The fourth-order valence-corrected chi connectivity index (χ4v) is 6.79. The quantitative estimate of drug-likeness (QED) is 0.134. The lowest BCUT2D eigenvalue weighted by Crippen LogP contribution is -2.44. The summed E-state index contributed by atoms with van der Waals surface area (Å²) in [4.78, 5) is 22.1. The summed E-state index contributed by atoms with van der Waals surface area (Å²) in [7, 11) is 0. The van der Waals surface area contributed by atoms with Crippen molar-refractivity contribution in [2.24, 2.45) is 0 Å². The summed E-state index contributed by atoms with van der Waals surface area (Å²) in [5.41, 5.74) is 5.22. The molecule has 0 spiro atoms. The molecule has 0 aliphatic carbocycles. The van der Waals surface area contributed by atoms with E-state index in [9.17, 15) is 4.79 Å². The van der Waals surface area contributed by atoms with E-state index < -0.39 is 0 Å². The molecule has 1 amide bonds. The van der Waals surface area contributed by atoms with Crippen molar-refractivity contribution in [1.82, 2.24) is 15.2 Å². The largest absolute Gasteiger partial charge is 0.494 e. The van der Waals surface area contributed by atoms with Crippen LogP contribution >= 0.6 is 34.5 Å². The number of thiazole rings is 1. The first-order chi connectivity index (χ1) is 22.5. The van der Waals surface area contributed by atoms with E-state index in [1.54, 1.807) is 11.3 Å². The maximum Gasteiger partial charge on any atom is 0.220 e. The summed E-state index contributed by atoms with van der Waals surface area (Å²) >= 11 is 13.8. The number of benzene rings is 4. The Hall–Kier alpha value is -3.88. The molecule has 1 aliphatic heterocycles. The molecule has 4 aromatic carbocycles. The number of aromatic nitrogens is 1. The van der Waals surface area contributed by atoms with E-state index in [4.69, 9.17) is 32.9 Å². The van der Waals surface area contributed by atoms with E-state index in [1.807, 2.05) is 78.9 Å². The molecule has 6 nitrogen and oxygen atoms in total. The normalized spacial score (nSPS) is 13.8. The van der Waals surface area contributed by atoms with E-state index in [0.717, 1.165) is 71.6 Å². The molecule has 0 atom stereocenters. The van der Waals surface area contributed by atoms with Gasteiger partial charge in [-0.3, -0.25) is 14.6 Å². The van der Waals surface area contributed by atoms with Crippen LogP contribution in [0.1, 0.15) is 31.2 Å². The van der Waals surface area contributed by atoms with Crippen LogP contribution in [0.3, 0.4) is 0 Å². The number of piperidine rings is 1. The molecule has 0 saturated carbocycles. The number of rotatable bonds is 12. The Morgan fingerprint density at radius 2 is 1.57 bits per heavy atom. The minimum Gasteiger partial charge on any atom is -0.494 e. The monoisotopic (exact) mass is 670 g/mol. The standard InChI is InChI=1S/C37H36Cl2N4O2S/c38-33-18-13-27(24-34(33)39)25-42-21-19-29(20-22-42)40-36(44)12-7-23-45-32-16-14-28(15-17-32)35-26-46-37(41-35)43(30-8-3-1-4-9-30)31-10-5-2-6-11-31/h1-6,8-11,13-18,24,26,29H,7,12,19-23,25H2,(H,40,44). The van der Waals surface area contributed by atoms with Crippen LogP contribution in [-0.4, -0.2) is 41.5 Å². The second-order valence-electron chi connectivity index (χ2n) is 11.4. The smallest absolute Gasteiger partial charge is 0.220 e. The number of likely N-dealkylation sites (tertiary alicyclic amines) is 1. The molecule has 1 fully saturated rings. The van der Waals surface area contributed by atoms with Gasteiger partial charge in [-0.1, -0.05) is 65.7 Å². The van der Waals surface area contributed by atoms with Gasteiger partial charge in [0.1, 0.15) is 5.75 Å². The molecule has 1 N–H and O–H groups in total. The number of para-hydroxylation sites is 2. The highest BCUT2D eigenvalue weighted by Crippen LogP contribution is 2.38. The maximum atomic E-state index is 12.6. The summed E-state index contributed by atoms with van der Waals surface area (Å²) < 4.78 is 5.95. The fraction of sp³-hybridized carbons (Fsp3) is 0.243. The summed E-state index contributed by atoms with van der Waals surface area (Å²) in [5, 5.41) is 7.35. The molecule has 9 heteroatoms. The van der Waals surface area contributed by atoms with Gasteiger partial charge in [0.25, 0.3) is 0 Å². The Balaban J connectivity index is 0.938. The number of carbonyl (C=O) groups is 1. The average molecular weight is 672 g/mol. The minimum absolute atomic E-state index is 0.0845. The third kappa shape index (κ3) is 8.47. The molecule has 0 radical (unpaired) electrons. The van der Waals surface area contributed by atoms with Gasteiger partial charge in [-0.2, -0.15) is 0 Å². The van der Waals surface area contributed by atoms with E-state index in [1.165, 1.54) is 0 Å². The van der Waals surface area contributed by atoms with E-state index in [2.05, 4.69) is 44.8 Å². The fourth-order valence-electron chi connectivity index (χ4n) is 5.60. The third-order valence-electron chi connectivity index (χ3n) is 8.02. The van der Waals surface area contributed by atoms with Crippen molar-refractivity contribution in [3.8, 4) is 17.0 Å². The molecule has 0 bridgehead atoms. The van der Waals surface area contributed by atoms with Crippen molar-refractivity contribution in [1.29, 1.82) is 0 Å². The Morgan fingerprint density at radius 3 is 2.22 bits per heavy atom. The van der Waals surface area contributed by atoms with Crippen molar-refractivity contribution in [2.75, 3.05) is 24.6 Å². The number of hydrogen-bond acceptors (Lipinski definition) is 6. The van der Waals surface area contributed by atoms with Crippen molar-refractivity contribution >= 4 is 57.0 Å². The number of nitrogens with one attached hydrogen (secondary N) is 1. The van der Waals surface area contributed by atoms with Gasteiger partial charge in [0.15, 0.2) is 5.13 Å². The van der Waals surface area contributed by atoms with E-state index in [0.29, 0.717) is 29.5 Å². The van der Waals surface area contributed by atoms with Crippen molar-refractivity contribution < 1.29 is 9.53 Å². The van der Waals surface area contributed by atoms with Crippen LogP contribution in [0.25, 0.3) is 11.3 Å². The lowest BCUT2D eigenvalue weighted by molar-refractivity contribution is -0.122. The molecule has 1 aromatic heterocycles. The van der Waals surface area contributed by atoms with Gasteiger partial charge in [0.05, 0.1) is 22.3 Å². The molecular weight excluding hydrogens is 635 g/mol. The molecule has 6 rings (SSSR count). The van der Waals surface area contributed by atoms with Crippen LogP contribution in [0.2, 0.25) is 10.0 Å². The van der Waals surface area contributed by atoms with Crippen LogP contribution in [0.15, 0.2) is 109 Å². The van der Waals surface area contributed by atoms with Crippen LogP contribution in [0.4, 0.5) is 16.5 Å². The van der Waals surface area contributed by atoms with Crippen LogP contribution in [0, 0.1) is 0 Å². The third-order valence-corrected chi connectivity index (χ3v) is 9.59. The van der Waals surface area contributed by atoms with Gasteiger partial charge in [0.2, 0.25) is 5.91 Å². The number of nitrogens with zero attached hydrogens (tertiary/aromatic N) is 3. The van der Waals surface area contributed by atoms with Crippen molar-refractivity contribution in [2.45, 2.75) is 38.3 Å². The highest BCUT2D eigenvalue weighted by Gasteiger charge is 2.21. The lowest BCUT2D eigenvalue weighted by Gasteiger charge is -2.32. The van der Waals surface area contributed by atoms with Crippen molar-refractivity contribution in [3.05, 3.63) is 124 Å². The highest BCUT2D eigenvalue weighted by molar-refractivity contribution is 7.14. The summed E-state index contributed by atoms with van der Waals surface area (Å²) in [6, 6.07) is 34.6. The predicted octanol–water partition coefficient (Wildman–Crippen LogP) is 9.53. The zero-order valence-electron chi connectivity index (χ0n) is 25.4. The van der Waals surface area contributed by atoms with Gasteiger partial charge in [-0.05, 0) is 85.5 Å². The van der Waals surface area contributed by atoms with Crippen LogP contribution < -0.4 is 15.0 Å². The Morgan fingerprint density at radius 1 is 0.891 bits per heavy atom. The number of halogens is 2. The first kappa shape index (κ1) is 32.1. The van der Waals surface area contributed by atoms with Gasteiger partial charge in [0, 0.05) is 54.4 Å². The minimum atomic E-state index is 0.0845. The summed E-state index contributed by atoms with van der Waals surface area (Å²) in [5.74, 6) is 0.866. The molecule has 1 saturated heterocycles. The summed E-state index contributed by atoms with van der Waals surface area (Å²) in [6.45, 7) is 3.19. The molecule has 2 heterocycles. The average Bonchev–Trinajstić information content (AvgIpc) is 3.57. The van der Waals surface area contributed by atoms with Crippen molar-refractivity contribution in [3.63, 3.8) is 0 Å². The number of hydrogen-bond donors (Lipinski definition) is 1. The van der Waals surface area contributed by atoms with Crippen LogP contribution in [-0.2, 0) is 11.3 Å². The Labute approximate surface area is 284 Å². The molecule has 46 heavy (non-hydrogen) atoms. The Bertz CT molecular complexity index is 1670. The maximum absolute atomic E-state index is 12.6. The molecule has 1 aliphatic rings.